The van der Waals surface area contributed by atoms with Crippen molar-refractivity contribution in [2.24, 2.45) is 0 Å². The number of rotatable bonds is 8. The molecule has 6 rings (SSSR count). The summed E-state index contributed by atoms with van der Waals surface area (Å²) >= 11 is 0.915. The first kappa shape index (κ1) is 28.7. The van der Waals surface area contributed by atoms with E-state index in [1.165, 1.54) is 11.0 Å². The number of anilines is 1. The molecule has 1 amide bonds. The van der Waals surface area contributed by atoms with E-state index in [1.807, 2.05) is 18.2 Å². The maximum absolute atomic E-state index is 13.7. The number of carbonyl (C=O) groups excluding carboxylic acids is 3. The fourth-order valence-electron chi connectivity index (χ4n) is 4.94. The van der Waals surface area contributed by atoms with E-state index in [9.17, 15) is 19.5 Å². The van der Waals surface area contributed by atoms with Gasteiger partial charge in [0.2, 0.25) is 0 Å². The summed E-state index contributed by atoms with van der Waals surface area (Å²) in [5.41, 5.74) is 0.901. The average molecular weight is 611 g/mol. The first-order valence-corrected chi connectivity index (χ1v) is 14.5. The highest BCUT2D eigenvalue weighted by Crippen LogP contribution is 2.45. The van der Waals surface area contributed by atoms with Gasteiger partial charge in [0.1, 0.15) is 42.0 Å². The zero-order valence-corrected chi connectivity index (χ0v) is 24.3. The standard InChI is InChI=1S/C33H26N2O8S/c1-3-14-42-32(39)30-19(2)34-33(44-30)35-27(20-8-7-11-23(17-20)43-22-9-5-4-6-10-22)26(29(37)31(35)38)28(36)21-12-13-24-25(18-21)41-16-15-40-24/h3-13,17-18,27,36H,1,14-16H2,2H3/b28-26+. The second-order valence-electron chi connectivity index (χ2n) is 9.81. The predicted octanol–water partition coefficient (Wildman–Crippen LogP) is 5.98. The lowest BCUT2D eigenvalue weighted by Gasteiger charge is -2.24. The van der Waals surface area contributed by atoms with Crippen molar-refractivity contribution in [3.63, 3.8) is 0 Å². The Morgan fingerprint density at radius 3 is 2.57 bits per heavy atom. The minimum atomic E-state index is -1.11. The maximum Gasteiger partial charge on any atom is 0.350 e. The zero-order chi connectivity index (χ0) is 30.8. The van der Waals surface area contributed by atoms with Crippen molar-refractivity contribution in [3.05, 3.63) is 113 Å². The Kier molecular flexibility index (Phi) is 7.86. The van der Waals surface area contributed by atoms with Gasteiger partial charge in [-0.15, -0.1) is 0 Å². The molecule has 2 aliphatic heterocycles. The van der Waals surface area contributed by atoms with E-state index in [0.717, 1.165) is 11.3 Å². The lowest BCUT2D eigenvalue weighted by atomic mass is 9.95. The third-order valence-electron chi connectivity index (χ3n) is 6.92. The molecule has 1 saturated heterocycles. The topological polar surface area (TPSA) is 124 Å². The first-order valence-electron chi connectivity index (χ1n) is 13.6. The number of nitrogens with zero attached hydrogens (tertiary/aromatic N) is 2. The van der Waals surface area contributed by atoms with Gasteiger partial charge in [0, 0.05) is 5.56 Å². The summed E-state index contributed by atoms with van der Waals surface area (Å²) in [6.45, 7) is 5.88. The van der Waals surface area contributed by atoms with Crippen molar-refractivity contribution in [3.8, 4) is 23.0 Å². The molecule has 2 aliphatic rings. The molecular formula is C33H26N2O8S. The molecule has 222 valence electrons. The maximum atomic E-state index is 13.7. The third-order valence-corrected chi connectivity index (χ3v) is 8.06. The second-order valence-corrected chi connectivity index (χ2v) is 10.8. The summed E-state index contributed by atoms with van der Waals surface area (Å²) in [4.78, 5) is 45.9. The number of aromatic nitrogens is 1. The number of ketones is 1. The van der Waals surface area contributed by atoms with Crippen LogP contribution in [-0.2, 0) is 14.3 Å². The second kappa shape index (κ2) is 12.1. The lowest BCUT2D eigenvalue weighted by Crippen LogP contribution is -2.29. The van der Waals surface area contributed by atoms with Crippen LogP contribution in [0.5, 0.6) is 23.0 Å². The molecule has 4 aromatic rings. The molecular weight excluding hydrogens is 584 g/mol. The monoisotopic (exact) mass is 610 g/mol. The van der Waals surface area contributed by atoms with Crippen molar-refractivity contribution in [1.82, 2.24) is 4.98 Å². The lowest BCUT2D eigenvalue weighted by molar-refractivity contribution is -0.132. The molecule has 0 saturated carbocycles. The summed E-state index contributed by atoms with van der Waals surface area (Å²) in [7, 11) is 0. The highest BCUT2D eigenvalue weighted by atomic mass is 32.1. The summed E-state index contributed by atoms with van der Waals surface area (Å²) in [5, 5.41) is 11.7. The quantitative estimate of drug-likeness (QED) is 0.0843. The largest absolute Gasteiger partial charge is 0.507 e. The van der Waals surface area contributed by atoms with Crippen LogP contribution in [0, 0.1) is 6.92 Å². The number of aliphatic hydroxyl groups excluding tert-OH is 1. The first-order chi connectivity index (χ1) is 21.4. The van der Waals surface area contributed by atoms with Gasteiger partial charge in [0.25, 0.3) is 5.78 Å². The normalized spacial score (nSPS) is 16.9. The summed E-state index contributed by atoms with van der Waals surface area (Å²) in [5.74, 6) is -0.915. The van der Waals surface area contributed by atoms with Crippen LogP contribution in [0.25, 0.3) is 5.76 Å². The van der Waals surface area contributed by atoms with Gasteiger partial charge in [-0.3, -0.25) is 14.5 Å². The van der Waals surface area contributed by atoms with Crippen LogP contribution in [0.2, 0.25) is 0 Å². The number of ether oxygens (including phenoxy) is 4. The van der Waals surface area contributed by atoms with Crippen LogP contribution in [0.4, 0.5) is 5.13 Å². The number of Topliss-reactive ketones (excluding diaryl/α,β-unsaturated/α-hetero) is 1. The number of para-hydroxylation sites is 1. The highest BCUT2D eigenvalue weighted by molar-refractivity contribution is 7.17. The van der Waals surface area contributed by atoms with Gasteiger partial charge in [0.15, 0.2) is 16.6 Å². The number of thiazole rings is 1. The Morgan fingerprint density at radius 1 is 1.05 bits per heavy atom. The van der Waals surface area contributed by atoms with Gasteiger partial charge in [-0.2, -0.15) is 0 Å². The number of amides is 1. The molecule has 3 heterocycles. The Bertz CT molecular complexity index is 1810. The molecule has 10 nitrogen and oxygen atoms in total. The van der Waals surface area contributed by atoms with Crippen LogP contribution in [0.15, 0.2) is 91.0 Å². The molecule has 0 bridgehead atoms. The highest BCUT2D eigenvalue weighted by Gasteiger charge is 2.48. The van der Waals surface area contributed by atoms with Gasteiger partial charge in [-0.1, -0.05) is 54.3 Å². The number of carbonyl (C=O) groups is 3. The number of aliphatic hydroxyl groups is 1. The minimum absolute atomic E-state index is 0.000238. The van der Waals surface area contributed by atoms with E-state index in [1.54, 1.807) is 61.5 Å². The molecule has 11 heteroatoms. The van der Waals surface area contributed by atoms with E-state index < -0.39 is 29.5 Å². The number of aryl methyl sites for hydroxylation is 1. The van der Waals surface area contributed by atoms with Crippen LogP contribution < -0.4 is 19.1 Å². The number of hydrogen-bond donors (Lipinski definition) is 1. The number of esters is 1. The summed E-state index contributed by atoms with van der Waals surface area (Å²) < 4.78 is 22.5. The van der Waals surface area contributed by atoms with Gasteiger partial charge in [0.05, 0.1) is 17.3 Å². The fourth-order valence-corrected chi connectivity index (χ4v) is 5.93. The molecule has 1 unspecified atom stereocenters. The molecule has 1 atom stereocenters. The smallest absolute Gasteiger partial charge is 0.350 e. The van der Waals surface area contributed by atoms with Crippen molar-refractivity contribution in [2.45, 2.75) is 13.0 Å². The molecule has 0 radical (unpaired) electrons. The van der Waals surface area contributed by atoms with Crippen LogP contribution in [-0.4, -0.2) is 47.6 Å². The van der Waals surface area contributed by atoms with Gasteiger partial charge in [-0.25, -0.2) is 9.78 Å². The Hall–Kier alpha value is -5.42. The van der Waals surface area contributed by atoms with Crippen LogP contribution in [0.3, 0.4) is 0 Å². The van der Waals surface area contributed by atoms with Gasteiger partial charge < -0.3 is 24.1 Å². The number of fused-ring (bicyclic) bond motifs is 1. The van der Waals surface area contributed by atoms with Crippen LogP contribution >= 0.6 is 11.3 Å². The minimum Gasteiger partial charge on any atom is -0.507 e. The van der Waals surface area contributed by atoms with Crippen LogP contribution in [0.1, 0.15) is 32.5 Å². The Morgan fingerprint density at radius 2 is 1.80 bits per heavy atom. The Balaban J connectivity index is 1.48. The number of benzene rings is 3. The van der Waals surface area contributed by atoms with E-state index in [-0.39, 0.29) is 27.8 Å². The fraction of sp³-hybridized carbons (Fsp3) is 0.152. The van der Waals surface area contributed by atoms with Crippen molar-refractivity contribution in [2.75, 3.05) is 24.7 Å². The summed E-state index contributed by atoms with van der Waals surface area (Å²) in [6.07, 6.45) is 1.44. The van der Waals surface area contributed by atoms with Gasteiger partial charge in [-0.05, 0) is 55.0 Å². The predicted molar refractivity (Wildman–Crippen MR) is 163 cm³/mol. The molecule has 0 aliphatic carbocycles. The zero-order valence-electron chi connectivity index (χ0n) is 23.5. The molecule has 0 spiro atoms. The van der Waals surface area contributed by atoms with E-state index >= 15 is 0 Å². The van der Waals surface area contributed by atoms with E-state index in [2.05, 4.69) is 11.6 Å². The number of hydrogen-bond acceptors (Lipinski definition) is 10. The molecule has 1 fully saturated rings. The Labute approximate surface area is 256 Å². The van der Waals surface area contributed by atoms with E-state index in [0.29, 0.717) is 47.5 Å². The third kappa shape index (κ3) is 5.40. The van der Waals surface area contributed by atoms with Crippen molar-refractivity contribution in [1.29, 1.82) is 0 Å². The SMILES string of the molecule is C=CCOC(=O)c1sc(N2C(=O)C(=O)/C(=C(/O)c3ccc4c(c3)OCCO4)C2c2cccc(Oc3ccccc3)c2)nc1C. The molecule has 1 aromatic heterocycles. The summed E-state index contributed by atoms with van der Waals surface area (Å²) in [6, 6.07) is 19.7. The molecule has 1 N–H and O–H groups in total. The van der Waals surface area contributed by atoms with Gasteiger partial charge >= 0.3 is 11.9 Å². The van der Waals surface area contributed by atoms with Crippen molar-refractivity contribution >= 4 is 39.9 Å². The molecule has 44 heavy (non-hydrogen) atoms. The van der Waals surface area contributed by atoms with E-state index in [4.69, 9.17) is 18.9 Å². The molecule has 3 aromatic carbocycles. The van der Waals surface area contributed by atoms with Crippen molar-refractivity contribution < 1.29 is 38.4 Å². The average Bonchev–Trinajstić information content (AvgIpc) is 3.55.